The van der Waals surface area contributed by atoms with Crippen LogP contribution in [0.2, 0.25) is 0 Å². The van der Waals surface area contributed by atoms with Gasteiger partial charge in [-0.25, -0.2) is 13.8 Å². The molecule has 3 rings (SSSR count). The molecule has 0 aliphatic heterocycles. The van der Waals surface area contributed by atoms with Crippen LogP contribution < -0.4 is 5.56 Å². The second-order valence-corrected chi connectivity index (χ2v) is 8.39. The zero-order valence-electron chi connectivity index (χ0n) is 18.2. The molecule has 2 heterocycles. The Balaban J connectivity index is 1.76. The van der Waals surface area contributed by atoms with Crippen LogP contribution in [0.1, 0.15) is 33.0 Å². The maximum Gasteiger partial charge on any atom is 0.273 e. The van der Waals surface area contributed by atoms with Crippen LogP contribution in [0.15, 0.2) is 45.9 Å². The Morgan fingerprint density at radius 3 is 2.52 bits per heavy atom. The van der Waals surface area contributed by atoms with Crippen molar-refractivity contribution in [3.05, 3.63) is 91.3 Å². The normalized spacial score (nSPS) is 11.0. The van der Waals surface area contributed by atoms with Gasteiger partial charge in [0, 0.05) is 25.4 Å². The monoisotopic (exact) mass is 520 g/mol. The Labute approximate surface area is 197 Å². The van der Waals surface area contributed by atoms with E-state index in [-0.39, 0.29) is 36.9 Å². The van der Waals surface area contributed by atoms with Crippen molar-refractivity contribution in [2.75, 3.05) is 20.2 Å². The van der Waals surface area contributed by atoms with Crippen LogP contribution in [0, 0.1) is 18.6 Å². The minimum absolute atomic E-state index is 0.142. The number of hydrogen-bond acceptors (Lipinski definition) is 5. The number of likely N-dealkylation sites (N-methyl/N-ethyl adjacent to an activating group) is 1. The Morgan fingerprint density at radius 2 is 1.88 bits per heavy atom. The molecule has 1 N–H and O–H groups in total. The van der Waals surface area contributed by atoms with Crippen molar-refractivity contribution in [3.63, 3.8) is 0 Å². The minimum atomic E-state index is -0.631. The van der Waals surface area contributed by atoms with Gasteiger partial charge in [0.05, 0.1) is 35.7 Å². The molecule has 2 aromatic heterocycles. The summed E-state index contributed by atoms with van der Waals surface area (Å²) in [6.45, 7) is 1.97. The molecule has 0 radical (unpaired) electrons. The van der Waals surface area contributed by atoms with Crippen molar-refractivity contribution < 1.29 is 18.7 Å². The molecule has 0 unspecified atom stereocenters. The zero-order valence-corrected chi connectivity index (χ0v) is 19.8. The SMILES string of the molecule is Cc1cc(CCc2ccc(F)cc2F)c(Br)c(=O)n1Cc1cnc(C(=O)N(C)CCO)cn1. The van der Waals surface area contributed by atoms with E-state index in [1.807, 2.05) is 6.07 Å². The summed E-state index contributed by atoms with van der Waals surface area (Å²) in [4.78, 5) is 34.9. The number of carbonyl (C=O) groups excluding carboxylic acids is 1. The lowest BCUT2D eigenvalue weighted by molar-refractivity contribution is 0.0760. The van der Waals surface area contributed by atoms with Gasteiger partial charge in [0.1, 0.15) is 17.3 Å². The molecule has 1 amide bonds. The molecule has 0 spiro atoms. The van der Waals surface area contributed by atoms with Gasteiger partial charge in [0.25, 0.3) is 11.5 Å². The molecule has 33 heavy (non-hydrogen) atoms. The first-order valence-corrected chi connectivity index (χ1v) is 11.0. The van der Waals surface area contributed by atoms with Crippen LogP contribution in [-0.2, 0) is 19.4 Å². The average Bonchev–Trinajstić information content (AvgIpc) is 2.79. The van der Waals surface area contributed by atoms with Gasteiger partial charge in [-0.3, -0.25) is 14.6 Å². The third kappa shape index (κ3) is 5.88. The van der Waals surface area contributed by atoms with Crippen LogP contribution in [0.5, 0.6) is 0 Å². The average molecular weight is 521 g/mol. The van der Waals surface area contributed by atoms with Gasteiger partial charge >= 0.3 is 0 Å². The van der Waals surface area contributed by atoms with Crippen LogP contribution >= 0.6 is 15.9 Å². The molecule has 0 fully saturated rings. The predicted molar refractivity (Wildman–Crippen MR) is 122 cm³/mol. The van der Waals surface area contributed by atoms with E-state index < -0.39 is 11.6 Å². The second-order valence-electron chi connectivity index (χ2n) is 7.60. The van der Waals surface area contributed by atoms with Gasteiger partial charge in [-0.05, 0) is 59.0 Å². The lowest BCUT2D eigenvalue weighted by Gasteiger charge is -2.15. The molecular formula is C23H23BrF2N4O3. The van der Waals surface area contributed by atoms with Crippen molar-refractivity contribution >= 4 is 21.8 Å². The second kappa shape index (κ2) is 10.8. The summed E-state index contributed by atoms with van der Waals surface area (Å²) in [7, 11) is 1.56. The highest BCUT2D eigenvalue weighted by Gasteiger charge is 2.15. The van der Waals surface area contributed by atoms with Gasteiger partial charge in [-0.1, -0.05) is 6.07 Å². The highest BCUT2D eigenvalue weighted by molar-refractivity contribution is 9.10. The summed E-state index contributed by atoms with van der Waals surface area (Å²) < 4.78 is 28.9. The third-order valence-corrected chi connectivity index (χ3v) is 6.08. The van der Waals surface area contributed by atoms with E-state index in [1.54, 1.807) is 14.0 Å². The third-order valence-electron chi connectivity index (χ3n) is 5.23. The summed E-state index contributed by atoms with van der Waals surface area (Å²) >= 11 is 3.35. The molecule has 10 heteroatoms. The summed E-state index contributed by atoms with van der Waals surface area (Å²) in [6.07, 6.45) is 3.49. The van der Waals surface area contributed by atoms with E-state index in [1.165, 1.54) is 34.0 Å². The first kappa shape index (κ1) is 24.7. The number of aliphatic hydroxyl groups is 1. The highest BCUT2D eigenvalue weighted by atomic mass is 79.9. The molecule has 0 atom stereocenters. The van der Waals surface area contributed by atoms with Crippen LogP contribution in [0.3, 0.4) is 0 Å². The van der Waals surface area contributed by atoms with Gasteiger partial charge < -0.3 is 14.6 Å². The number of pyridine rings is 1. The maximum absolute atomic E-state index is 13.9. The number of aliphatic hydroxyl groups excluding tert-OH is 1. The molecule has 0 saturated carbocycles. The molecule has 0 aliphatic carbocycles. The molecule has 3 aromatic rings. The van der Waals surface area contributed by atoms with E-state index in [0.29, 0.717) is 34.3 Å². The molecule has 0 bridgehead atoms. The number of aromatic nitrogens is 3. The molecule has 174 valence electrons. The lowest BCUT2D eigenvalue weighted by Crippen LogP contribution is -2.30. The number of carbonyl (C=O) groups is 1. The first-order chi connectivity index (χ1) is 15.7. The van der Waals surface area contributed by atoms with Crippen molar-refractivity contribution in [2.24, 2.45) is 0 Å². The number of benzene rings is 1. The molecule has 1 aromatic carbocycles. The van der Waals surface area contributed by atoms with E-state index in [4.69, 9.17) is 5.11 Å². The van der Waals surface area contributed by atoms with Crippen molar-refractivity contribution in [1.29, 1.82) is 0 Å². The fraction of sp³-hybridized carbons (Fsp3) is 0.304. The maximum atomic E-state index is 13.9. The Bertz CT molecular complexity index is 1220. The molecule has 0 saturated heterocycles. The topological polar surface area (TPSA) is 88.3 Å². The van der Waals surface area contributed by atoms with Crippen LogP contribution in [0.25, 0.3) is 0 Å². The highest BCUT2D eigenvalue weighted by Crippen LogP contribution is 2.19. The molecular weight excluding hydrogens is 498 g/mol. The number of hydrogen-bond donors (Lipinski definition) is 1. The number of halogens is 3. The van der Waals surface area contributed by atoms with Crippen molar-refractivity contribution in [3.8, 4) is 0 Å². The van der Waals surface area contributed by atoms with Gasteiger partial charge in [-0.2, -0.15) is 0 Å². The number of aryl methyl sites for hydroxylation is 3. The Kier molecular flexibility index (Phi) is 8.04. The van der Waals surface area contributed by atoms with E-state index >= 15 is 0 Å². The zero-order chi connectivity index (χ0) is 24.1. The van der Waals surface area contributed by atoms with E-state index in [9.17, 15) is 18.4 Å². The summed E-state index contributed by atoms with van der Waals surface area (Å²) in [6, 6.07) is 5.29. The van der Waals surface area contributed by atoms with Crippen molar-refractivity contribution in [1.82, 2.24) is 19.4 Å². The largest absolute Gasteiger partial charge is 0.395 e. The number of amides is 1. The Hall–Kier alpha value is -2.98. The summed E-state index contributed by atoms with van der Waals surface area (Å²) in [5.41, 5.74) is 2.14. The summed E-state index contributed by atoms with van der Waals surface area (Å²) in [5.74, 6) is -1.60. The van der Waals surface area contributed by atoms with E-state index in [0.717, 1.165) is 11.6 Å². The smallest absolute Gasteiger partial charge is 0.273 e. The number of rotatable bonds is 8. The van der Waals surface area contributed by atoms with Gasteiger partial charge in [-0.15, -0.1) is 0 Å². The molecule has 7 nitrogen and oxygen atoms in total. The van der Waals surface area contributed by atoms with Crippen molar-refractivity contribution in [2.45, 2.75) is 26.3 Å². The van der Waals surface area contributed by atoms with Crippen LogP contribution in [0.4, 0.5) is 8.78 Å². The quantitative estimate of drug-likeness (QED) is 0.493. The fourth-order valence-corrected chi connectivity index (χ4v) is 3.86. The minimum Gasteiger partial charge on any atom is -0.395 e. The predicted octanol–water partition coefficient (Wildman–Crippen LogP) is 2.89. The van der Waals surface area contributed by atoms with Gasteiger partial charge in [0.15, 0.2) is 0 Å². The number of nitrogens with zero attached hydrogens (tertiary/aromatic N) is 4. The fourth-order valence-electron chi connectivity index (χ4n) is 3.34. The first-order valence-electron chi connectivity index (χ1n) is 10.2. The Morgan fingerprint density at radius 1 is 1.15 bits per heavy atom. The molecule has 0 aliphatic rings. The van der Waals surface area contributed by atoms with Gasteiger partial charge in [0.2, 0.25) is 0 Å². The van der Waals surface area contributed by atoms with E-state index in [2.05, 4.69) is 25.9 Å². The summed E-state index contributed by atoms with van der Waals surface area (Å²) in [5, 5.41) is 8.95. The standard InChI is InChI=1S/C23H23BrF2N4O3/c1-14-9-16(4-3-15-5-6-17(25)10-19(15)26)21(24)23(33)30(14)13-18-11-28-20(12-27-18)22(32)29(2)7-8-31/h5-6,9-12,31H,3-4,7-8,13H2,1-2H3. The van der Waals surface area contributed by atoms with Crippen LogP contribution in [-0.4, -0.2) is 50.6 Å². The lowest BCUT2D eigenvalue weighted by atomic mass is 10.0.